The summed E-state index contributed by atoms with van der Waals surface area (Å²) in [6.45, 7) is 1.55. The van der Waals surface area contributed by atoms with Gasteiger partial charge in [-0.05, 0) is 6.92 Å². The second-order valence-corrected chi connectivity index (χ2v) is 1.45. The molecule has 0 aromatic carbocycles. The Morgan fingerprint density at radius 1 is 1.80 bits per heavy atom. The molecule has 0 aliphatic carbocycles. The molecule has 0 saturated heterocycles. The minimum absolute atomic E-state index is 0. The standard InChI is InChI=1S/C4H4N2O3.K.H/c1-2-5-3(4(7)8)9-6-2;;/h1H3,(H,7,8);;/q;+1;-1. The van der Waals surface area contributed by atoms with Crippen molar-refractivity contribution in [3.63, 3.8) is 0 Å². The number of rotatable bonds is 1. The Morgan fingerprint density at radius 2 is 2.40 bits per heavy atom. The van der Waals surface area contributed by atoms with Crippen molar-refractivity contribution in [2.24, 2.45) is 0 Å². The van der Waals surface area contributed by atoms with Crippen LogP contribution in [0.2, 0.25) is 0 Å². The molecule has 10 heavy (non-hydrogen) atoms. The van der Waals surface area contributed by atoms with E-state index in [1.54, 1.807) is 6.92 Å². The first-order valence-corrected chi connectivity index (χ1v) is 2.24. The summed E-state index contributed by atoms with van der Waals surface area (Å²) >= 11 is 0. The number of aromatic carboxylic acids is 1. The molecule has 0 atom stereocenters. The van der Waals surface area contributed by atoms with Crippen molar-refractivity contribution in [3.05, 3.63) is 11.7 Å². The van der Waals surface area contributed by atoms with Crippen molar-refractivity contribution in [2.45, 2.75) is 6.92 Å². The molecule has 0 amide bonds. The van der Waals surface area contributed by atoms with Gasteiger partial charge in [0.15, 0.2) is 5.82 Å². The summed E-state index contributed by atoms with van der Waals surface area (Å²) in [5.74, 6) is -1.24. The largest absolute Gasteiger partial charge is 1.00 e. The molecule has 0 unspecified atom stereocenters. The average molecular weight is 168 g/mol. The number of carboxylic acids is 1. The maximum Gasteiger partial charge on any atom is 1.00 e. The molecule has 1 aromatic heterocycles. The van der Waals surface area contributed by atoms with E-state index in [-0.39, 0.29) is 58.7 Å². The molecule has 1 heterocycles. The Bertz CT molecular complexity index is 239. The Labute approximate surface area is 101 Å². The van der Waals surface area contributed by atoms with Gasteiger partial charge in [-0.15, -0.1) is 0 Å². The molecule has 0 aliphatic rings. The van der Waals surface area contributed by atoms with E-state index in [2.05, 4.69) is 14.7 Å². The fraction of sp³-hybridized carbons (Fsp3) is 0.250. The van der Waals surface area contributed by atoms with Gasteiger partial charge in [-0.1, -0.05) is 5.16 Å². The molecule has 0 bridgehead atoms. The Kier molecular flexibility index (Phi) is 4.30. The van der Waals surface area contributed by atoms with Gasteiger partial charge in [0, 0.05) is 0 Å². The Balaban J connectivity index is 0. The fourth-order valence-corrected chi connectivity index (χ4v) is 0.384. The number of nitrogens with zero attached hydrogens (tertiary/aromatic N) is 2. The molecule has 6 heteroatoms. The third-order valence-electron chi connectivity index (χ3n) is 0.711. The SMILES string of the molecule is Cc1noc(C(=O)O)n1.[H-].[K+]. The number of aromatic nitrogens is 2. The van der Waals surface area contributed by atoms with E-state index in [1.165, 1.54) is 0 Å². The summed E-state index contributed by atoms with van der Waals surface area (Å²) in [6, 6.07) is 0. The molecule has 1 N–H and O–H groups in total. The normalized spacial score (nSPS) is 8.50. The van der Waals surface area contributed by atoms with E-state index in [0.717, 1.165) is 0 Å². The number of carbonyl (C=O) groups is 1. The van der Waals surface area contributed by atoms with Crippen LogP contribution in [-0.4, -0.2) is 21.2 Å². The molecular formula is C4H5KN2O3. The van der Waals surface area contributed by atoms with Crippen LogP contribution in [0, 0.1) is 6.92 Å². The van der Waals surface area contributed by atoms with Crippen LogP contribution >= 0.6 is 0 Å². The van der Waals surface area contributed by atoms with E-state index < -0.39 is 5.97 Å². The van der Waals surface area contributed by atoms with Gasteiger partial charge in [0.2, 0.25) is 0 Å². The van der Waals surface area contributed by atoms with Crippen LogP contribution in [-0.2, 0) is 0 Å². The summed E-state index contributed by atoms with van der Waals surface area (Å²) < 4.78 is 4.27. The average Bonchev–Trinajstić information content (AvgIpc) is 2.14. The molecule has 0 fully saturated rings. The van der Waals surface area contributed by atoms with E-state index in [1.807, 2.05) is 0 Å². The predicted octanol–water partition coefficient (Wildman–Crippen LogP) is -2.81. The maximum atomic E-state index is 10.0. The first kappa shape index (κ1) is 10.2. The minimum Gasteiger partial charge on any atom is -1.00 e. The second kappa shape index (κ2) is 4.19. The number of aryl methyl sites for hydroxylation is 1. The first-order valence-electron chi connectivity index (χ1n) is 2.24. The molecule has 5 nitrogen and oxygen atoms in total. The topological polar surface area (TPSA) is 76.2 Å². The summed E-state index contributed by atoms with van der Waals surface area (Å²) in [5.41, 5.74) is 0. The van der Waals surface area contributed by atoms with Crippen LogP contribution < -0.4 is 51.4 Å². The zero-order chi connectivity index (χ0) is 6.85. The van der Waals surface area contributed by atoms with Gasteiger partial charge in [0.1, 0.15) is 0 Å². The Hall–Kier alpha value is 0.246. The molecule has 0 radical (unpaired) electrons. The third kappa shape index (κ3) is 2.47. The van der Waals surface area contributed by atoms with Crippen molar-refractivity contribution < 1.29 is 67.2 Å². The molecule has 50 valence electrons. The summed E-state index contributed by atoms with van der Waals surface area (Å²) in [4.78, 5) is 13.5. The van der Waals surface area contributed by atoms with Gasteiger partial charge in [-0.2, -0.15) is 4.98 Å². The monoisotopic (exact) mass is 168 g/mol. The molecule has 0 aliphatic heterocycles. The van der Waals surface area contributed by atoms with Crippen LogP contribution in [0.4, 0.5) is 0 Å². The van der Waals surface area contributed by atoms with E-state index in [0.29, 0.717) is 5.82 Å². The molecular weight excluding hydrogens is 163 g/mol. The minimum atomic E-state index is -1.20. The fourth-order valence-electron chi connectivity index (χ4n) is 0.384. The first-order chi connectivity index (χ1) is 4.20. The van der Waals surface area contributed by atoms with Gasteiger partial charge in [-0.25, -0.2) is 4.79 Å². The van der Waals surface area contributed by atoms with Crippen molar-refractivity contribution in [1.29, 1.82) is 0 Å². The summed E-state index contributed by atoms with van der Waals surface area (Å²) in [6.07, 6.45) is 0. The third-order valence-corrected chi connectivity index (χ3v) is 0.711. The molecule has 0 saturated carbocycles. The molecule has 0 spiro atoms. The van der Waals surface area contributed by atoms with Crippen LogP contribution in [0.1, 0.15) is 17.9 Å². The maximum absolute atomic E-state index is 10.0. The second-order valence-electron chi connectivity index (χ2n) is 1.45. The Morgan fingerprint density at radius 3 is 2.60 bits per heavy atom. The van der Waals surface area contributed by atoms with E-state index >= 15 is 0 Å². The van der Waals surface area contributed by atoms with Crippen molar-refractivity contribution in [2.75, 3.05) is 0 Å². The van der Waals surface area contributed by atoms with Gasteiger partial charge < -0.3 is 11.1 Å². The molecule has 1 aromatic rings. The van der Waals surface area contributed by atoms with Gasteiger partial charge in [-0.3, -0.25) is 0 Å². The smallest absolute Gasteiger partial charge is 1.00 e. The number of hydrogen-bond acceptors (Lipinski definition) is 4. The van der Waals surface area contributed by atoms with Crippen molar-refractivity contribution in [3.8, 4) is 0 Å². The van der Waals surface area contributed by atoms with E-state index in [4.69, 9.17) is 5.11 Å². The summed E-state index contributed by atoms with van der Waals surface area (Å²) in [5, 5.41) is 11.5. The van der Waals surface area contributed by atoms with Crippen molar-refractivity contribution in [1.82, 2.24) is 10.1 Å². The van der Waals surface area contributed by atoms with Gasteiger partial charge in [0.25, 0.3) is 0 Å². The van der Waals surface area contributed by atoms with Crippen molar-refractivity contribution >= 4 is 5.97 Å². The summed E-state index contributed by atoms with van der Waals surface area (Å²) in [7, 11) is 0. The quantitative estimate of drug-likeness (QED) is 0.458. The van der Waals surface area contributed by atoms with Gasteiger partial charge in [0.05, 0.1) is 0 Å². The number of carboxylic acid groups (broad SMARTS) is 1. The molecule has 1 rings (SSSR count). The van der Waals surface area contributed by atoms with Gasteiger partial charge >= 0.3 is 63.2 Å². The van der Waals surface area contributed by atoms with E-state index in [9.17, 15) is 4.79 Å². The predicted molar refractivity (Wildman–Crippen MR) is 27.1 cm³/mol. The van der Waals surface area contributed by atoms with Crippen LogP contribution in [0.15, 0.2) is 4.52 Å². The zero-order valence-corrected chi connectivity index (χ0v) is 8.78. The van der Waals surface area contributed by atoms with Crippen LogP contribution in [0.3, 0.4) is 0 Å². The zero-order valence-electron chi connectivity index (χ0n) is 6.66. The van der Waals surface area contributed by atoms with Crippen LogP contribution in [0.25, 0.3) is 0 Å². The number of hydrogen-bond donors (Lipinski definition) is 1. The van der Waals surface area contributed by atoms with Crippen LogP contribution in [0.5, 0.6) is 0 Å².